The Morgan fingerprint density at radius 1 is 0.966 bits per heavy atom. The lowest BCUT2D eigenvalue weighted by molar-refractivity contribution is -0.150. The molecule has 0 spiro atoms. The van der Waals surface area contributed by atoms with Crippen LogP contribution in [0.25, 0.3) is 0 Å². The van der Waals surface area contributed by atoms with Crippen LogP contribution in [0.2, 0.25) is 0 Å². The number of unbranched alkanes of at least 4 members (excludes halogenated alkanes) is 10. The van der Waals surface area contributed by atoms with Crippen LogP contribution in [0.1, 0.15) is 104 Å². The largest absolute Gasteiger partial charge is 0.469 e. The molecule has 1 aliphatic rings. The average molecular weight is 403 g/mol. The Kier molecular flexibility index (Phi) is 13.8. The Morgan fingerprint density at radius 3 is 2.14 bits per heavy atom. The quantitative estimate of drug-likeness (QED) is 0.148. The molecule has 3 atom stereocenters. The summed E-state index contributed by atoms with van der Waals surface area (Å²) in [4.78, 5) is 12.4. The van der Waals surface area contributed by atoms with Gasteiger partial charge in [-0.05, 0) is 38.0 Å². The molecule has 0 N–H and O–H groups in total. The molecule has 1 rings (SSSR count). The van der Waals surface area contributed by atoms with Crippen LogP contribution >= 0.6 is 0 Å². The molecule has 2 nitrogen and oxygen atoms in total. The first-order valence-corrected chi connectivity index (χ1v) is 12.1. The molecule has 2 heteroatoms. The van der Waals surface area contributed by atoms with Gasteiger partial charge in [-0.25, -0.2) is 0 Å². The molecule has 3 unspecified atom stereocenters. The van der Waals surface area contributed by atoms with E-state index in [1.165, 1.54) is 77.7 Å². The Morgan fingerprint density at radius 2 is 1.55 bits per heavy atom. The zero-order chi connectivity index (χ0) is 21.4. The first-order valence-electron chi connectivity index (χ1n) is 12.1. The number of carbonyl (C=O) groups excluding carboxylic acids is 1. The molecule has 166 valence electrons. The second-order valence-corrected chi connectivity index (χ2v) is 8.99. The van der Waals surface area contributed by atoms with Crippen molar-refractivity contribution in [3.63, 3.8) is 0 Å². The third-order valence-corrected chi connectivity index (χ3v) is 6.69. The van der Waals surface area contributed by atoms with Gasteiger partial charge in [0.25, 0.3) is 0 Å². The van der Waals surface area contributed by atoms with E-state index in [1.807, 2.05) is 0 Å². The van der Waals surface area contributed by atoms with Crippen molar-refractivity contribution in [1.29, 1.82) is 0 Å². The molecule has 0 bridgehead atoms. The average Bonchev–Trinajstić information content (AvgIpc) is 2.72. The predicted molar refractivity (Wildman–Crippen MR) is 126 cm³/mol. The summed E-state index contributed by atoms with van der Waals surface area (Å²) in [6, 6.07) is 0. The third-order valence-electron chi connectivity index (χ3n) is 6.69. The van der Waals surface area contributed by atoms with Crippen LogP contribution in [0.3, 0.4) is 0 Å². The zero-order valence-electron chi connectivity index (χ0n) is 19.6. The molecule has 1 aliphatic carbocycles. The van der Waals surface area contributed by atoms with Gasteiger partial charge >= 0.3 is 5.97 Å². The van der Waals surface area contributed by atoms with E-state index in [0.717, 1.165) is 12.8 Å². The maximum Gasteiger partial charge on any atom is 0.309 e. The van der Waals surface area contributed by atoms with E-state index >= 15 is 0 Å². The normalized spacial score (nSPS) is 22.3. The van der Waals surface area contributed by atoms with Crippen LogP contribution < -0.4 is 0 Å². The molecule has 0 aromatic heterocycles. The van der Waals surface area contributed by atoms with Crippen molar-refractivity contribution in [1.82, 2.24) is 0 Å². The van der Waals surface area contributed by atoms with E-state index in [-0.39, 0.29) is 17.3 Å². The lowest BCUT2D eigenvalue weighted by Gasteiger charge is -2.39. The van der Waals surface area contributed by atoms with Gasteiger partial charge in [0.2, 0.25) is 0 Å². The van der Waals surface area contributed by atoms with Crippen LogP contribution in [-0.2, 0) is 9.53 Å². The van der Waals surface area contributed by atoms with E-state index in [1.54, 1.807) is 0 Å². The molecule has 0 aliphatic heterocycles. The number of hydrogen-bond donors (Lipinski definition) is 0. The first kappa shape index (κ1) is 25.7. The first-order chi connectivity index (χ1) is 14.1. The van der Waals surface area contributed by atoms with E-state index in [2.05, 4.69) is 57.2 Å². The topological polar surface area (TPSA) is 26.3 Å². The predicted octanol–water partition coefficient (Wildman–Crippen LogP) is 8.19. The summed E-state index contributed by atoms with van der Waals surface area (Å²) >= 11 is 0. The summed E-state index contributed by atoms with van der Waals surface area (Å²) in [5.74, 6) is 0.242. The monoisotopic (exact) mass is 402 g/mol. The van der Waals surface area contributed by atoms with Crippen molar-refractivity contribution < 1.29 is 9.53 Å². The highest BCUT2D eigenvalue weighted by molar-refractivity contribution is 5.74. The number of hydrogen-bond acceptors (Lipinski definition) is 2. The highest BCUT2D eigenvalue weighted by atomic mass is 16.5. The molecule has 0 amide bonds. The van der Waals surface area contributed by atoms with Crippen molar-refractivity contribution in [2.75, 3.05) is 7.11 Å². The highest BCUT2D eigenvalue weighted by Crippen LogP contribution is 2.43. The Balaban J connectivity index is 2.17. The van der Waals surface area contributed by atoms with Crippen LogP contribution in [-0.4, -0.2) is 13.1 Å². The van der Waals surface area contributed by atoms with Gasteiger partial charge in [0.05, 0.1) is 13.0 Å². The fraction of sp³-hybridized carbons (Fsp3) is 0.741. The Bertz CT molecular complexity index is 517. The fourth-order valence-corrected chi connectivity index (χ4v) is 4.35. The van der Waals surface area contributed by atoms with Crippen molar-refractivity contribution in [3.8, 4) is 0 Å². The van der Waals surface area contributed by atoms with E-state index < -0.39 is 0 Å². The second kappa shape index (κ2) is 15.5. The molecule has 0 aromatic carbocycles. The van der Waals surface area contributed by atoms with Gasteiger partial charge < -0.3 is 4.74 Å². The van der Waals surface area contributed by atoms with E-state index in [0.29, 0.717) is 5.92 Å². The number of allylic oxidation sites excluding steroid dienone is 6. The molecule has 0 aromatic rings. The van der Waals surface area contributed by atoms with Gasteiger partial charge in [0, 0.05) is 5.41 Å². The number of methoxy groups -OCH3 is 1. The van der Waals surface area contributed by atoms with Gasteiger partial charge in [-0.2, -0.15) is 0 Å². The van der Waals surface area contributed by atoms with Crippen LogP contribution in [0, 0.1) is 17.3 Å². The molecule has 0 saturated heterocycles. The maximum absolute atomic E-state index is 12.4. The molecule has 29 heavy (non-hydrogen) atoms. The lowest BCUT2D eigenvalue weighted by atomic mass is 9.65. The minimum atomic E-state index is -0.138. The van der Waals surface area contributed by atoms with Gasteiger partial charge in [0.15, 0.2) is 0 Å². The minimum absolute atomic E-state index is 0.0547. The SMILES string of the molecule is CCCCCCCC/C=C\CCCCCCC(C(=O)OC)C1(C)C=CC=CC1C. The van der Waals surface area contributed by atoms with Crippen molar-refractivity contribution in [2.24, 2.45) is 17.3 Å². The van der Waals surface area contributed by atoms with Gasteiger partial charge in [-0.3, -0.25) is 4.79 Å². The lowest BCUT2D eigenvalue weighted by Crippen LogP contribution is -2.38. The Labute approximate surface area is 180 Å². The summed E-state index contributed by atoms with van der Waals surface area (Å²) in [5, 5.41) is 0. The fourth-order valence-electron chi connectivity index (χ4n) is 4.35. The summed E-state index contributed by atoms with van der Waals surface area (Å²) in [6.45, 7) is 6.67. The third kappa shape index (κ3) is 9.83. The van der Waals surface area contributed by atoms with Crippen molar-refractivity contribution in [3.05, 3.63) is 36.5 Å². The molecule has 0 saturated carbocycles. The molecular weight excluding hydrogens is 356 g/mol. The van der Waals surface area contributed by atoms with Crippen LogP contribution in [0.4, 0.5) is 0 Å². The molecule has 0 fully saturated rings. The molecular formula is C27H46O2. The summed E-state index contributed by atoms with van der Waals surface area (Å²) < 4.78 is 5.14. The van der Waals surface area contributed by atoms with Gasteiger partial charge in [-0.1, -0.05) is 109 Å². The van der Waals surface area contributed by atoms with E-state index in [9.17, 15) is 4.79 Å². The standard InChI is InChI=1S/C27H46O2/c1-5-6-7-8-9-10-11-12-13-14-15-16-17-18-22-25(26(28)29-4)27(3)23-20-19-21-24(27)2/h12-13,19-21,23-25H,5-11,14-18,22H2,1-4H3/b13-12-. The molecule has 0 heterocycles. The van der Waals surface area contributed by atoms with Crippen molar-refractivity contribution >= 4 is 5.97 Å². The number of esters is 1. The maximum atomic E-state index is 12.4. The number of rotatable bonds is 16. The summed E-state index contributed by atoms with van der Waals surface area (Å²) in [7, 11) is 1.52. The van der Waals surface area contributed by atoms with Gasteiger partial charge in [-0.15, -0.1) is 0 Å². The van der Waals surface area contributed by atoms with Gasteiger partial charge in [0.1, 0.15) is 0 Å². The smallest absolute Gasteiger partial charge is 0.309 e. The van der Waals surface area contributed by atoms with Crippen LogP contribution in [0.15, 0.2) is 36.5 Å². The van der Waals surface area contributed by atoms with E-state index in [4.69, 9.17) is 4.74 Å². The number of ether oxygens (including phenoxy) is 1. The molecule has 0 radical (unpaired) electrons. The number of carbonyl (C=O) groups is 1. The minimum Gasteiger partial charge on any atom is -0.469 e. The highest BCUT2D eigenvalue weighted by Gasteiger charge is 2.41. The second-order valence-electron chi connectivity index (χ2n) is 8.99. The van der Waals surface area contributed by atoms with Crippen molar-refractivity contribution in [2.45, 2.75) is 104 Å². The summed E-state index contributed by atoms with van der Waals surface area (Å²) in [5.41, 5.74) is -0.138. The van der Waals surface area contributed by atoms with Crippen LogP contribution in [0.5, 0.6) is 0 Å². The Hall–Kier alpha value is -1.31. The zero-order valence-corrected chi connectivity index (χ0v) is 19.6. The summed E-state index contributed by atoms with van der Waals surface area (Å²) in [6.07, 6.45) is 29.7.